The molecule has 2 aromatic rings. The minimum Gasteiger partial charge on any atom is -0.311 e. The van der Waals surface area contributed by atoms with Crippen LogP contribution in [0.25, 0.3) is 5.57 Å². The third kappa shape index (κ3) is 3.12. The van der Waals surface area contributed by atoms with Gasteiger partial charge in [-0.15, -0.1) is 0 Å². The predicted octanol–water partition coefficient (Wildman–Crippen LogP) is 3.82. The highest BCUT2D eigenvalue weighted by atomic mass is 32.2. The molecule has 1 amide bonds. The number of rotatable bonds is 4. The summed E-state index contributed by atoms with van der Waals surface area (Å²) >= 11 is 0. The number of hydrogen-bond donors (Lipinski definition) is 1. The number of anilines is 2. The Balaban J connectivity index is 2.00. The van der Waals surface area contributed by atoms with Crippen molar-refractivity contribution in [3.63, 3.8) is 0 Å². The number of carbonyl (C=O) groups is 1. The monoisotopic (exact) mass is 370 g/mol. The zero-order valence-corrected chi connectivity index (χ0v) is 16.1. The van der Waals surface area contributed by atoms with Crippen molar-refractivity contribution >= 4 is 32.9 Å². The van der Waals surface area contributed by atoms with Crippen LogP contribution < -0.4 is 9.62 Å². The van der Waals surface area contributed by atoms with Crippen LogP contribution in [0.3, 0.4) is 0 Å². The maximum Gasteiger partial charge on any atom is 0.261 e. The minimum absolute atomic E-state index is 0.113. The number of allylic oxidation sites excluding steroid dienone is 1. The van der Waals surface area contributed by atoms with E-state index >= 15 is 0 Å². The van der Waals surface area contributed by atoms with Gasteiger partial charge in [-0.3, -0.25) is 9.52 Å². The van der Waals surface area contributed by atoms with Gasteiger partial charge >= 0.3 is 0 Å². The highest BCUT2D eigenvalue weighted by molar-refractivity contribution is 7.92. The zero-order chi connectivity index (χ0) is 19.1. The van der Waals surface area contributed by atoms with E-state index in [0.29, 0.717) is 16.8 Å². The van der Waals surface area contributed by atoms with Crippen molar-refractivity contribution in [1.82, 2.24) is 0 Å². The van der Waals surface area contributed by atoms with Gasteiger partial charge < -0.3 is 4.90 Å². The standard InChI is InChI=1S/C20H22N2O3S/c1-5-14-6-8-15(9-7-14)21-26(24,25)16-10-11-18-17(12-16)19(13(2)3)20(23)22(18)4/h6-12,21H,5H2,1-4H3. The molecule has 0 saturated carbocycles. The molecular formula is C20H22N2O3S. The summed E-state index contributed by atoms with van der Waals surface area (Å²) < 4.78 is 28.1. The van der Waals surface area contributed by atoms with Gasteiger partial charge in [0.05, 0.1) is 10.6 Å². The summed E-state index contributed by atoms with van der Waals surface area (Å²) in [4.78, 5) is 14.1. The molecule has 0 fully saturated rings. The Morgan fingerprint density at radius 2 is 1.73 bits per heavy atom. The van der Waals surface area contributed by atoms with Gasteiger partial charge in [0, 0.05) is 23.9 Å². The lowest BCUT2D eigenvalue weighted by atomic mass is 10.0. The molecule has 1 heterocycles. The SMILES string of the molecule is CCc1ccc(NS(=O)(=O)c2ccc3c(c2)C(=C(C)C)C(=O)N3C)cc1. The smallest absolute Gasteiger partial charge is 0.261 e. The van der Waals surface area contributed by atoms with Crippen molar-refractivity contribution in [2.24, 2.45) is 0 Å². The van der Waals surface area contributed by atoms with Gasteiger partial charge in [-0.2, -0.15) is 0 Å². The molecule has 3 rings (SSSR count). The molecule has 0 bridgehead atoms. The summed E-state index contributed by atoms with van der Waals surface area (Å²) in [5.74, 6) is -0.113. The van der Waals surface area contributed by atoms with Crippen LogP contribution in [0.2, 0.25) is 0 Å². The van der Waals surface area contributed by atoms with E-state index in [2.05, 4.69) is 4.72 Å². The zero-order valence-electron chi connectivity index (χ0n) is 15.3. The lowest BCUT2D eigenvalue weighted by Gasteiger charge is -2.12. The summed E-state index contributed by atoms with van der Waals surface area (Å²) in [5, 5.41) is 0. The number of benzene rings is 2. The normalized spacial score (nSPS) is 13.8. The van der Waals surface area contributed by atoms with Gasteiger partial charge in [0.15, 0.2) is 0 Å². The molecule has 0 saturated heterocycles. The minimum atomic E-state index is -3.74. The van der Waals surface area contributed by atoms with Crippen molar-refractivity contribution in [2.75, 3.05) is 16.7 Å². The number of amides is 1. The fraction of sp³-hybridized carbons (Fsp3) is 0.250. The third-order valence-corrected chi connectivity index (χ3v) is 5.92. The van der Waals surface area contributed by atoms with Crippen LogP contribution in [-0.4, -0.2) is 21.4 Å². The second kappa shape index (κ2) is 6.61. The Morgan fingerprint density at radius 1 is 1.08 bits per heavy atom. The van der Waals surface area contributed by atoms with Crippen LogP contribution in [0.5, 0.6) is 0 Å². The summed E-state index contributed by atoms with van der Waals surface area (Å²) in [7, 11) is -2.05. The van der Waals surface area contributed by atoms with Crippen LogP contribution in [0, 0.1) is 0 Å². The molecule has 1 aliphatic rings. The number of likely N-dealkylation sites (N-methyl/N-ethyl adjacent to an activating group) is 1. The molecule has 1 N–H and O–H groups in total. The molecular weight excluding hydrogens is 348 g/mol. The molecule has 136 valence electrons. The number of fused-ring (bicyclic) bond motifs is 1. The predicted molar refractivity (Wildman–Crippen MR) is 105 cm³/mol. The summed E-state index contributed by atoms with van der Waals surface area (Å²) in [5.41, 5.74) is 4.45. The number of nitrogens with one attached hydrogen (secondary N) is 1. The van der Waals surface area contributed by atoms with E-state index in [9.17, 15) is 13.2 Å². The molecule has 2 aromatic carbocycles. The first-order valence-corrected chi connectivity index (χ1v) is 9.94. The van der Waals surface area contributed by atoms with Gasteiger partial charge in [0.2, 0.25) is 0 Å². The van der Waals surface area contributed by atoms with Crippen LogP contribution in [0.15, 0.2) is 52.9 Å². The molecule has 0 radical (unpaired) electrons. The largest absolute Gasteiger partial charge is 0.311 e. The summed E-state index contributed by atoms with van der Waals surface area (Å²) in [6.45, 7) is 5.75. The lowest BCUT2D eigenvalue weighted by Crippen LogP contribution is -2.20. The Morgan fingerprint density at radius 3 is 2.31 bits per heavy atom. The van der Waals surface area contributed by atoms with E-state index in [1.165, 1.54) is 6.07 Å². The first kappa shape index (κ1) is 18.2. The number of nitrogens with zero attached hydrogens (tertiary/aromatic N) is 1. The Bertz CT molecular complexity index is 1000. The topological polar surface area (TPSA) is 66.5 Å². The van der Waals surface area contributed by atoms with Crippen LogP contribution in [0.1, 0.15) is 31.9 Å². The van der Waals surface area contributed by atoms with E-state index in [1.54, 1.807) is 36.2 Å². The maximum absolute atomic E-state index is 12.8. The Hall–Kier alpha value is -2.60. The molecule has 0 unspecified atom stereocenters. The van der Waals surface area contributed by atoms with Crippen molar-refractivity contribution in [2.45, 2.75) is 32.1 Å². The van der Waals surface area contributed by atoms with E-state index in [0.717, 1.165) is 23.2 Å². The molecule has 5 nitrogen and oxygen atoms in total. The van der Waals surface area contributed by atoms with Crippen LogP contribution in [0.4, 0.5) is 11.4 Å². The molecule has 26 heavy (non-hydrogen) atoms. The number of hydrogen-bond acceptors (Lipinski definition) is 3. The van der Waals surface area contributed by atoms with Gasteiger partial charge in [0.25, 0.3) is 15.9 Å². The highest BCUT2D eigenvalue weighted by Crippen LogP contribution is 2.38. The molecule has 6 heteroatoms. The average molecular weight is 370 g/mol. The summed E-state index contributed by atoms with van der Waals surface area (Å²) in [6.07, 6.45) is 0.894. The lowest BCUT2D eigenvalue weighted by molar-refractivity contribution is -0.112. The van der Waals surface area contributed by atoms with Gasteiger partial charge in [-0.25, -0.2) is 8.42 Å². The van der Waals surface area contributed by atoms with Crippen LogP contribution >= 0.6 is 0 Å². The van der Waals surface area contributed by atoms with Crippen molar-refractivity contribution in [1.29, 1.82) is 0 Å². The first-order chi connectivity index (χ1) is 12.2. The second-order valence-electron chi connectivity index (χ2n) is 6.57. The second-order valence-corrected chi connectivity index (χ2v) is 8.26. The van der Waals surface area contributed by atoms with E-state index < -0.39 is 10.0 Å². The molecule has 0 atom stereocenters. The fourth-order valence-electron chi connectivity index (χ4n) is 3.07. The van der Waals surface area contributed by atoms with Gasteiger partial charge in [0.1, 0.15) is 0 Å². The average Bonchev–Trinajstić information content (AvgIpc) is 2.86. The molecule has 0 aliphatic carbocycles. The molecule has 0 aromatic heterocycles. The Labute approximate surface area is 154 Å². The fourth-order valence-corrected chi connectivity index (χ4v) is 4.16. The maximum atomic E-state index is 12.8. The van der Waals surface area contributed by atoms with E-state index in [1.807, 2.05) is 32.9 Å². The highest BCUT2D eigenvalue weighted by Gasteiger charge is 2.31. The van der Waals surface area contributed by atoms with Gasteiger partial charge in [-0.1, -0.05) is 24.6 Å². The van der Waals surface area contributed by atoms with Crippen molar-refractivity contribution < 1.29 is 13.2 Å². The van der Waals surface area contributed by atoms with Crippen LogP contribution in [-0.2, 0) is 21.2 Å². The summed E-state index contributed by atoms with van der Waals surface area (Å²) in [6, 6.07) is 12.1. The quantitative estimate of drug-likeness (QED) is 0.832. The number of aryl methyl sites for hydroxylation is 1. The third-order valence-electron chi connectivity index (χ3n) is 4.54. The van der Waals surface area contributed by atoms with E-state index in [4.69, 9.17) is 0 Å². The van der Waals surface area contributed by atoms with Crippen molar-refractivity contribution in [3.8, 4) is 0 Å². The molecule has 1 aliphatic heterocycles. The van der Waals surface area contributed by atoms with Crippen molar-refractivity contribution in [3.05, 3.63) is 59.2 Å². The van der Waals surface area contributed by atoms with E-state index in [-0.39, 0.29) is 10.8 Å². The number of carbonyl (C=O) groups excluding carboxylic acids is 1. The van der Waals surface area contributed by atoms with Gasteiger partial charge in [-0.05, 0) is 56.2 Å². The number of sulfonamides is 1. The molecule has 0 spiro atoms. The first-order valence-electron chi connectivity index (χ1n) is 8.46. The Kier molecular flexibility index (Phi) is 4.63.